The van der Waals surface area contributed by atoms with Gasteiger partial charge in [0.05, 0.1) is 24.7 Å². The zero-order valence-corrected chi connectivity index (χ0v) is 12.7. The monoisotopic (exact) mass is 303 g/mol. The lowest BCUT2D eigenvalue weighted by atomic mass is 9.94. The van der Waals surface area contributed by atoms with Crippen molar-refractivity contribution in [3.05, 3.63) is 35.4 Å². The number of aliphatic carboxylic acids is 1. The number of carbonyl (C=O) groups excluding carboxylic acids is 1. The van der Waals surface area contributed by atoms with Gasteiger partial charge in [-0.15, -0.1) is 0 Å². The third kappa shape index (κ3) is 5.96. The molecule has 1 rings (SSSR count). The molecule has 5 nitrogen and oxygen atoms in total. The molecular weight excluding hydrogens is 282 g/mol. The lowest BCUT2D eigenvalue weighted by molar-refractivity contribution is -0.142. The fraction of sp³-hybridized carbons (Fsp3) is 0.471. The van der Waals surface area contributed by atoms with E-state index in [2.05, 4.69) is 10.8 Å². The largest absolute Gasteiger partial charge is 0.481 e. The van der Waals surface area contributed by atoms with Crippen LogP contribution in [-0.4, -0.2) is 24.2 Å². The number of methoxy groups -OCH3 is 1. The molecular formula is C17H21NO4. The Balaban J connectivity index is 2.49. The maximum Gasteiger partial charge on any atom is 0.337 e. The van der Waals surface area contributed by atoms with Gasteiger partial charge in [-0.1, -0.05) is 18.6 Å². The highest BCUT2D eigenvalue weighted by Crippen LogP contribution is 2.18. The van der Waals surface area contributed by atoms with E-state index >= 15 is 0 Å². The zero-order chi connectivity index (χ0) is 16.4. The van der Waals surface area contributed by atoms with Crippen molar-refractivity contribution in [1.29, 1.82) is 5.26 Å². The Kier molecular flexibility index (Phi) is 7.69. The number of unbranched alkanes of at least 4 members (excludes halogenated alkanes) is 2. The van der Waals surface area contributed by atoms with Gasteiger partial charge in [-0.25, -0.2) is 4.79 Å². The first-order chi connectivity index (χ1) is 10.6. The number of ether oxygens (including phenoxy) is 1. The fourth-order valence-electron chi connectivity index (χ4n) is 2.25. The van der Waals surface area contributed by atoms with Crippen LogP contribution >= 0.6 is 0 Å². The average molecular weight is 303 g/mol. The third-order valence-electron chi connectivity index (χ3n) is 3.60. The number of nitriles is 1. The number of rotatable bonds is 9. The Hall–Kier alpha value is -2.35. The van der Waals surface area contributed by atoms with Crippen LogP contribution in [0.4, 0.5) is 0 Å². The molecule has 0 saturated heterocycles. The molecule has 0 aliphatic carbocycles. The maximum absolute atomic E-state index is 11.3. The van der Waals surface area contributed by atoms with Crippen LogP contribution in [0.15, 0.2) is 24.3 Å². The lowest BCUT2D eigenvalue weighted by Gasteiger charge is -2.12. The summed E-state index contributed by atoms with van der Waals surface area (Å²) in [6, 6.07) is 9.07. The van der Waals surface area contributed by atoms with Crippen molar-refractivity contribution >= 4 is 11.9 Å². The van der Waals surface area contributed by atoms with E-state index in [1.165, 1.54) is 7.11 Å². The van der Waals surface area contributed by atoms with E-state index in [-0.39, 0.29) is 11.9 Å². The molecule has 0 aliphatic heterocycles. The molecule has 1 atom stereocenters. The molecule has 0 aliphatic rings. The van der Waals surface area contributed by atoms with Crippen molar-refractivity contribution in [2.75, 3.05) is 7.11 Å². The topological polar surface area (TPSA) is 87.4 Å². The molecule has 1 aromatic rings. The summed E-state index contributed by atoms with van der Waals surface area (Å²) in [4.78, 5) is 22.6. The van der Waals surface area contributed by atoms with E-state index in [0.29, 0.717) is 31.2 Å². The summed E-state index contributed by atoms with van der Waals surface area (Å²) in [6.45, 7) is 0. The van der Waals surface area contributed by atoms with Crippen LogP contribution in [0.5, 0.6) is 0 Å². The Morgan fingerprint density at radius 1 is 1.23 bits per heavy atom. The van der Waals surface area contributed by atoms with E-state index in [1.54, 1.807) is 12.1 Å². The molecule has 22 heavy (non-hydrogen) atoms. The zero-order valence-electron chi connectivity index (χ0n) is 12.7. The van der Waals surface area contributed by atoms with E-state index in [9.17, 15) is 14.7 Å². The molecule has 0 spiro atoms. The number of carboxylic acids is 1. The molecule has 0 amide bonds. The van der Waals surface area contributed by atoms with Gasteiger partial charge in [-0.3, -0.25) is 4.79 Å². The predicted molar refractivity (Wildman–Crippen MR) is 81.3 cm³/mol. The van der Waals surface area contributed by atoms with Gasteiger partial charge in [-0.05, 0) is 43.4 Å². The van der Waals surface area contributed by atoms with Gasteiger partial charge in [0.15, 0.2) is 0 Å². The number of carbonyl (C=O) groups is 2. The van der Waals surface area contributed by atoms with Crippen LogP contribution in [-0.2, 0) is 16.0 Å². The Bertz CT molecular complexity index is 531. The minimum absolute atomic E-state index is 0.382. The predicted octanol–water partition coefficient (Wildman–Crippen LogP) is 3.19. The normalized spacial score (nSPS) is 11.5. The molecule has 0 aromatic heterocycles. The standard InChI is InChI=1S/C17H21NO4/c1-22-17(21)15-10-7-13(8-11-15)6-9-14(16(19)20)5-3-2-4-12-18/h7-8,10-11,14H,2-6,9H2,1H3,(H,19,20). The third-order valence-corrected chi connectivity index (χ3v) is 3.60. The minimum atomic E-state index is -0.789. The summed E-state index contributed by atoms with van der Waals surface area (Å²) in [5, 5.41) is 17.7. The highest BCUT2D eigenvalue weighted by Gasteiger charge is 2.16. The smallest absolute Gasteiger partial charge is 0.337 e. The van der Waals surface area contributed by atoms with Crippen LogP contribution in [0.3, 0.4) is 0 Å². The quantitative estimate of drug-likeness (QED) is 0.559. The van der Waals surface area contributed by atoms with Crippen LogP contribution in [0.25, 0.3) is 0 Å². The second-order valence-corrected chi connectivity index (χ2v) is 5.17. The van der Waals surface area contributed by atoms with Gasteiger partial charge in [0.25, 0.3) is 0 Å². The summed E-state index contributed by atoms with van der Waals surface area (Å²) in [6.07, 6.45) is 3.77. The molecule has 1 aromatic carbocycles. The number of carboxylic acid groups (broad SMARTS) is 1. The van der Waals surface area contributed by atoms with Gasteiger partial charge in [-0.2, -0.15) is 5.26 Å². The number of nitrogens with zero attached hydrogens (tertiary/aromatic N) is 1. The van der Waals surface area contributed by atoms with Crippen LogP contribution in [0.2, 0.25) is 0 Å². The summed E-state index contributed by atoms with van der Waals surface area (Å²) in [7, 11) is 1.33. The summed E-state index contributed by atoms with van der Waals surface area (Å²) < 4.78 is 4.63. The van der Waals surface area contributed by atoms with E-state index in [4.69, 9.17) is 5.26 Å². The van der Waals surface area contributed by atoms with Crippen molar-refractivity contribution in [3.8, 4) is 6.07 Å². The van der Waals surface area contributed by atoms with Crippen LogP contribution in [0.1, 0.15) is 48.0 Å². The maximum atomic E-state index is 11.3. The van der Waals surface area contributed by atoms with E-state index < -0.39 is 5.97 Å². The van der Waals surface area contributed by atoms with E-state index in [0.717, 1.165) is 18.4 Å². The molecule has 5 heteroatoms. The lowest BCUT2D eigenvalue weighted by Crippen LogP contribution is -2.14. The van der Waals surface area contributed by atoms with Crippen LogP contribution in [0, 0.1) is 17.2 Å². The number of hydrogen-bond acceptors (Lipinski definition) is 4. The SMILES string of the molecule is COC(=O)c1ccc(CCC(CCCCC#N)C(=O)O)cc1. The first-order valence-electron chi connectivity index (χ1n) is 7.35. The Labute approximate surface area is 130 Å². The molecule has 0 bridgehead atoms. The highest BCUT2D eigenvalue weighted by atomic mass is 16.5. The molecule has 1 unspecified atom stereocenters. The average Bonchev–Trinajstić information content (AvgIpc) is 2.53. The summed E-state index contributed by atoms with van der Waals surface area (Å²) in [5.41, 5.74) is 1.48. The van der Waals surface area contributed by atoms with Crippen molar-refractivity contribution < 1.29 is 19.4 Å². The number of hydrogen-bond donors (Lipinski definition) is 1. The second-order valence-electron chi connectivity index (χ2n) is 5.17. The Morgan fingerprint density at radius 3 is 2.45 bits per heavy atom. The minimum Gasteiger partial charge on any atom is -0.481 e. The van der Waals surface area contributed by atoms with Gasteiger partial charge in [0.1, 0.15) is 0 Å². The number of benzene rings is 1. The van der Waals surface area contributed by atoms with Gasteiger partial charge < -0.3 is 9.84 Å². The molecule has 0 saturated carbocycles. The number of aryl methyl sites for hydroxylation is 1. The van der Waals surface area contributed by atoms with Crippen molar-refractivity contribution in [2.24, 2.45) is 5.92 Å². The molecule has 1 N–H and O–H groups in total. The number of esters is 1. The van der Waals surface area contributed by atoms with Crippen LogP contribution < -0.4 is 0 Å². The first kappa shape index (κ1) is 17.7. The van der Waals surface area contributed by atoms with Crippen molar-refractivity contribution in [1.82, 2.24) is 0 Å². The molecule has 0 fully saturated rings. The summed E-state index contributed by atoms with van der Waals surface area (Å²) in [5.74, 6) is -1.56. The van der Waals surface area contributed by atoms with Gasteiger partial charge >= 0.3 is 11.9 Å². The fourth-order valence-corrected chi connectivity index (χ4v) is 2.25. The van der Waals surface area contributed by atoms with Gasteiger partial charge in [0, 0.05) is 6.42 Å². The van der Waals surface area contributed by atoms with Crippen molar-refractivity contribution in [3.63, 3.8) is 0 Å². The van der Waals surface area contributed by atoms with Crippen molar-refractivity contribution in [2.45, 2.75) is 38.5 Å². The molecule has 118 valence electrons. The van der Waals surface area contributed by atoms with Gasteiger partial charge in [0.2, 0.25) is 0 Å². The summed E-state index contributed by atoms with van der Waals surface area (Å²) >= 11 is 0. The van der Waals surface area contributed by atoms with E-state index in [1.807, 2.05) is 12.1 Å². The first-order valence-corrected chi connectivity index (χ1v) is 7.35. The second kappa shape index (κ2) is 9.56. The highest BCUT2D eigenvalue weighted by molar-refractivity contribution is 5.89. The Morgan fingerprint density at radius 2 is 1.91 bits per heavy atom. The molecule has 0 heterocycles. The molecule has 0 radical (unpaired) electrons.